The van der Waals surface area contributed by atoms with E-state index in [1.165, 1.54) is 7.11 Å². The second kappa shape index (κ2) is 5.20. The third-order valence-electron chi connectivity index (χ3n) is 1.85. The fourth-order valence-corrected chi connectivity index (χ4v) is 1.64. The molecule has 0 bridgehead atoms. The number of aliphatic carboxylic acids is 1. The summed E-state index contributed by atoms with van der Waals surface area (Å²) in [5.41, 5.74) is -0.491. The van der Waals surface area contributed by atoms with E-state index in [4.69, 9.17) is 9.84 Å². The first-order valence-corrected chi connectivity index (χ1v) is 4.98. The Kier molecular flexibility index (Phi) is 4.17. The monoisotopic (exact) mass is 295 g/mol. The van der Waals surface area contributed by atoms with Crippen molar-refractivity contribution in [2.75, 3.05) is 7.11 Å². The molecule has 0 unspecified atom stereocenters. The number of hydrogen-bond acceptors (Lipinski definition) is 3. The fourth-order valence-electron chi connectivity index (χ4n) is 1.23. The molecule has 16 heavy (non-hydrogen) atoms. The molecule has 88 valence electrons. The third-order valence-corrected chi connectivity index (χ3v) is 2.25. The molecule has 0 spiro atoms. The van der Waals surface area contributed by atoms with Gasteiger partial charge in [-0.2, -0.15) is 0 Å². The molecule has 0 aliphatic rings. The Hall–Kier alpha value is -1.24. The van der Waals surface area contributed by atoms with Gasteiger partial charge in [-0.05, 0) is 22.0 Å². The first-order valence-electron chi connectivity index (χ1n) is 4.19. The van der Waals surface area contributed by atoms with Crippen molar-refractivity contribution < 1.29 is 23.4 Å². The molecule has 0 radical (unpaired) electrons. The SMILES string of the molecule is COc1nc(Br)cc(C(F)F)c1CC(=O)O. The summed E-state index contributed by atoms with van der Waals surface area (Å²) in [6.45, 7) is 0. The largest absolute Gasteiger partial charge is 0.481 e. The van der Waals surface area contributed by atoms with Crippen LogP contribution in [0.25, 0.3) is 0 Å². The smallest absolute Gasteiger partial charge is 0.308 e. The minimum Gasteiger partial charge on any atom is -0.481 e. The Morgan fingerprint density at radius 2 is 2.31 bits per heavy atom. The van der Waals surface area contributed by atoms with Crippen LogP contribution in [0.2, 0.25) is 0 Å². The van der Waals surface area contributed by atoms with Gasteiger partial charge in [0.05, 0.1) is 13.5 Å². The topological polar surface area (TPSA) is 59.4 Å². The van der Waals surface area contributed by atoms with E-state index < -0.39 is 18.8 Å². The van der Waals surface area contributed by atoms with Gasteiger partial charge in [0.1, 0.15) is 4.60 Å². The zero-order valence-electron chi connectivity index (χ0n) is 8.21. The van der Waals surface area contributed by atoms with Crippen LogP contribution in [0.4, 0.5) is 8.78 Å². The maximum atomic E-state index is 12.7. The van der Waals surface area contributed by atoms with Gasteiger partial charge in [0.15, 0.2) is 0 Å². The molecule has 0 aromatic carbocycles. The molecule has 1 aromatic rings. The molecule has 1 N–H and O–H groups in total. The van der Waals surface area contributed by atoms with Crippen LogP contribution in [-0.4, -0.2) is 23.2 Å². The van der Waals surface area contributed by atoms with Crippen molar-refractivity contribution in [1.82, 2.24) is 4.98 Å². The van der Waals surface area contributed by atoms with E-state index in [0.717, 1.165) is 6.07 Å². The Morgan fingerprint density at radius 1 is 1.69 bits per heavy atom. The van der Waals surface area contributed by atoms with Crippen molar-refractivity contribution in [1.29, 1.82) is 0 Å². The molecule has 0 amide bonds. The van der Waals surface area contributed by atoms with Crippen LogP contribution in [-0.2, 0) is 11.2 Å². The van der Waals surface area contributed by atoms with Gasteiger partial charge in [-0.1, -0.05) is 0 Å². The molecular formula is C9H8BrF2NO3. The third kappa shape index (κ3) is 2.88. The number of carboxylic acids is 1. The number of halogens is 3. The van der Waals surface area contributed by atoms with Crippen LogP contribution < -0.4 is 4.74 Å². The van der Waals surface area contributed by atoms with E-state index in [1.54, 1.807) is 0 Å². The molecule has 0 fully saturated rings. The zero-order valence-corrected chi connectivity index (χ0v) is 9.79. The van der Waals surface area contributed by atoms with Crippen molar-refractivity contribution >= 4 is 21.9 Å². The Bertz CT molecular complexity index is 412. The lowest BCUT2D eigenvalue weighted by molar-refractivity contribution is -0.136. The minimum atomic E-state index is -2.78. The van der Waals surface area contributed by atoms with Crippen LogP contribution >= 0.6 is 15.9 Å². The number of aromatic nitrogens is 1. The number of carbonyl (C=O) groups is 1. The quantitative estimate of drug-likeness (QED) is 0.867. The Morgan fingerprint density at radius 3 is 2.75 bits per heavy atom. The predicted octanol–water partition coefficient (Wildman–Crippen LogP) is 2.42. The van der Waals surface area contributed by atoms with Crippen molar-refractivity contribution in [2.45, 2.75) is 12.8 Å². The van der Waals surface area contributed by atoms with Crippen LogP contribution in [0, 0.1) is 0 Å². The standard InChI is InChI=1S/C9H8BrF2NO3/c1-16-9-5(3-7(14)15)4(8(11)12)2-6(10)13-9/h2,8H,3H2,1H3,(H,14,15). The van der Waals surface area contributed by atoms with Crippen LogP contribution in [0.5, 0.6) is 5.88 Å². The van der Waals surface area contributed by atoms with Gasteiger partial charge in [-0.3, -0.25) is 4.79 Å². The van der Waals surface area contributed by atoms with E-state index in [2.05, 4.69) is 20.9 Å². The first kappa shape index (κ1) is 12.8. The van der Waals surface area contributed by atoms with Crippen LogP contribution in [0.1, 0.15) is 17.6 Å². The number of pyridine rings is 1. The summed E-state index contributed by atoms with van der Waals surface area (Å²) in [7, 11) is 1.25. The molecule has 0 aliphatic carbocycles. The summed E-state index contributed by atoms with van der Waals surface area (Å²) in [5.74, 6) is -1.32. The van der Waals surface area contributed by atoms with Crippen molar-refractivity contribution in [3.8, 4) is 5.88 Å². The summed E-state index contributed by atoms with van der Waals surface area (Å²) in [6.07, 6.45) is -3.33. The van der Waals surface area contributed by atoms with Gasteiger partial charge >= 0.3 is 5.97 Å². The summed E-state index contributed by atoms with van der Waals surface area (Å²) >= 11 is 2.95. The second-order valence-electron chi connectivity index (χ2n) is 2.89. The molecule has 7 heteroatoms. The van der Waals surface area contributed by atoms with Gasteiger partial charge < -0.3 is 9.84 Å². The lowest BCUT2D eigenvalue weighted by Gasteiger charge is -2.11. The molecule has 1 heterocycles. The maximum absolute atomic E-state index is 12.7. The zero-order chi connectivity index (χ0) is 12.3. The summed E-state index contributed by atoms with van der Waals surface area (Å²) in [5, 5.41) is 8.62. The lowest BCUT2D eigenvalue weighted by atomic mass is 10.1. The lowest BCUT2D eigenvalue weighted by Crippen LogP contribution is -2.08. The molecule has 0 saturated heterocycles. The fraction of sp³-hybridized carbons (Fsp3) is 0.333. The van der Waals surface area contributed by atoms with Gasteiger partial charge in [-0.25, -0.2) is 13.8 Å². The Labute approximate surface area is 98.4 Å². The van der Waals surface area contributed by atoms with Crippen LogP contribution in [0.3, 0.4) is 0 Å². The number of rotatable bonds is 4. The highest BCUT2D eigenvalue weighted by molar-refractivity contribution is 9.10. The highest BCUT2D eigenvalue weighted by atomic mass is 79.9. The number of nitrogens with zero attached hydrogens (tertiary/aromatic N) is 1. The minimum absolute atomic E-state index is 0.104. The summed E-state index contributed by atoms with van der Waals surface area (Å²) < 4.78 is 30.3. The normalized spacial score (nSPS) is 10.6. The number of hydrogen-bond donors (Lipinski definition) is 1. The highest BCUT2D eigenvalue weighted by Gasteiger charge is 2.21. The molecule has 0 atom stereocenters. The number of carboxylic acid groups (broad SMARTS) is 1. The molecule has 4 nitrogen and oxygen atoms in total. The van der Waals surface area contributed by atoms with E-state index in [0.29, 0.717) is 0 Å². The van der Waals surface area contributed by atoms with Crippen molar-refractivity contribution in [3.63, 3.8) is 0 Å². The highest BCUT2D eigenvalue weighted by Crippen LogP contribution is 2.31. The van der Waals surface area contributed by atoms with Crippen molar-refractivity contribution in [2.24, 2.45) is 0 Å². The maximum Gasteiger partial charge on any atom is 0.308 e. The Balaban J connectivity index is 3.32. The van der Waals surface area contributed by atoms with E-state index >= 15 is 0 Å². The summed E-state index contributed by atoms with van der Waals surface area (Å²) in [4.78, 5) is 14.3. The van der Waals surface area contributed by atoms with Gasteiger partial charge in [-0.15, -0.1) is 0 Å². The predicted molar refractivity (Wildman–Crippen MR) is 54.8 cm³/mol. The molecule has 0 aliphatic heterocycles. The number of methoxy groups -OCH3 is 1. The molecular weight excluding hydrogens is 288 g/mol. The van der Waals surface area contributed by atoms with Gasteiger partial charge in [0, 0.05) is 11.1 Å². The second-order valence-corrected chi connectivity index (χ2v) is 3.71. The average Bonchev–Trinajstić information content (AvgIpc) is 2.19. The molecule has 1 rings (SSSR count). The first-order chi connectivity index (χ1) is 7.45. The number of ether oxygens (including phenoxy) is 1. The van der Waals surface area contributed by atoms with Gasteiger partial charge in [0.2, 0.25) is 5.88 Å². The van der Waals surface area contributed by atoms with E-state index in [-0.39, 0.29) is 21.6 Å². The van der Waals surface area contributed by atoms with Crippen molar-refractivity contribution in [3.05, 3.63) is 21.8 Å². The van der Waals surface area contributed by atoms with E-state index in [9.17, 15) is 13.6 Å². The molecule has 1 aromatic heterocycles. The number of alkyl halides is 2. The van der Waals surface area contributed by atoms with Gasteiger partial charge in [0.25, 0.3) is 6.43 Å². The van der Waals surface area contributed by atoms with Crippen LogP contribution in [0.15, 0.2) is 10.7 Å². The summed E-state index contributed by atoms with van der Waals surface area (Å²) in [6, 6.07) is 1.09. The average molecular weight is 296 g/mol. The molecule has 0 saturated carbocycles. The van der Waals surface area contributed by atoms with E-state index in [1.807, 2.05) is 0 Å².